The van der Waals surface area contributed by atoms with Crippen LogP contribution in [0.1, 0.15) is 32.0 Å². The third-order valence-electron chi connectivity index (χ3n) is 3.80. The molecule has 0 radical (unpaired) electrons. The van der Waals surface area contributed by atoms with Crippen molar-refractivity contribution in [1.82, 2.24) is 19.7 Å². The Morgan fingerprint density at radius 1 is 1.37 bits per heavy atom. The number of aromatic nitrogens is 4. The van der Waals surface area contributed by atoms with Crippen molar-refractivity contribution in [3.63, 3.8) is 0 Å². The summed E-state index contributed by atoms with van der Waals surface area (Å²) in [4.78, 5) is 7.71. The Kier molecular flexibility index (Phi) is 5.44. The van der Waals surface area contributed by atoms with Gasteiger partial charge in [0.15, 0.2) is 0 Å². The van der Waals surface area contributed by atoms with Gasteiger partial charge in [-0.1, -0.05) is 6.08 Å². The van der Waals surface area contributed by atoms with Crippen LogP contribution in [0.2, 0.25) is 0 Å². The number of anilines is 3. The largest absolute Gasteiger partial charge is 0.421 e. The summed E-state index contributed by atoms with van der Waals surface area (Å²) in [6, 6.07) is 1.70. The van der Waals surface area contributed by atoms with E-state index in [1.54, 1.807) is 33.9 Å². The van der Waals surface area contributed by atoms with Gasteiger partial charge in [0.05, 0.1) is 23.6 Å². The molecule has 0 saturated heterocycles. The first-order valence-electron chi connectivity index (χ1n) is 8.06. The molecule has 2 aromatic rings. The highest BCUT2D eigenvalue weighted by molar-refractivity contribution is 5.58. The summed E-state index contributed by atoms with van der Waals surface area (Å²) in [5.41, 5.74) is -0.811. The van der Waals surface area contributed by atoms with Gasteiger partial charge >= 0.3 is 6.18 Å². The minimum Gasteiger partial charge on any atom is -0.363 e. The van der Waals surface area contributed by atoms with Crippen molar-refractivity contribution >= 4 is 17.5 Å². The maximum atomic E-state index is 13.2. The molecule has 144 valence electrons. The van der Waals surface area contributed by atoms with E-state index >= 15 is 0 Å². The molecule has 7 nitrogen and oxygen atoms in total. The third kappa shape index (κ3) is 4.55. The lowest BCUT2D eigenvalue weighted by Gasteiger charge is -2.17. The van der Waals surface area contributed by atoms with Gasteiger partial charge in [-0.25, -0.2) is 4.98 Å². The minimum absolute atomic E-state index is 0.0285. The number of nitrogens with one attached hydrogen (secondary N) is 2. The molecule has 0 aromatic carbocycles. The van der Waals surface area contributed by atoms with Crippen LogP contribution in [0.25, 0.3) is 0 Å². The molecule has 10 heteroatoms. The monoisotopic (exact) mass is 379 g/mol. The first kappa shape index (κ1) is 20.2. The van der Waals surface area contributed by atoms with Crippen LogP contribution in [0.3, 0.4) is 0 Å². The average Bonchev–Trinajstić information content (AvgIpc) is 2.95. The zero-order valence-corrected chi connectivity index (χ0v) is 15.4. The molecule has 1 atom stereocenters. The molecule has 2 rings (SSSR count). The summed E-state index contributed by atoms with van der Waals surface area (Å²) in [7, 11) is 0. The quantitative estimate of drug-likeness (QED) is 0.738. The zero-order valence-electron chi connectivity index (χ0n) is 15.4. The number of halogens is 3. The lowest BCUT2D eigenvalue weighted by molar-refractivity contribution is -0.137. The zero-order chi connectivity index (χ0) is 20.4. The summed E-state index contributed by atoms with van der Waals surface area (Å²) in [5, 5.41) is 19.0. The normalized spacial score (nSPS) is 13.0. The SMILES string of the molecule is C=CC(C)Nc1nc(Nc2cn(C(C)(C)C#N)nc2C)ncc1C(F)(F)F. The number of hydrogen-bond acceptors (Lipinski definition) is 6. The number of rotatable bonds is 6. The summed E-state index contributed by atoms with van der Waals surface area (Å²) in [6.07, 6.45) is -0.835. The molecule has 2 N–H and O–H groups in total. The molecule has 0 aliphatic heterocycles. The van der Waals surface area contributed by atoms with Gasteiger partial charge in [-0.3, -0.25) is 4.68 Å². The second-order valence-electron chi connectivity index (χ2n) is 6.49. The van der Waals surface area contributed by atoms with Gasteiger partial charge in [0.1, 0.15) is 16.9 Å². The van der Waals surface area contributed by atoms with Gasteiger partial charge in [0.2, 0.25) is 5.95 Å². The number of nitriles is 1. The van der Waals surface area contributed by atoms with E-state index in [1.807, 2.05) is 0 Å². The molecular formula is C17H20F3N7. The van der Waals surface area contributed by atoms with E-state index in [0.29, 0.717) is 17.6 Å². The number of nitrogens with zero attached hydrogens (tertiary/aromatic N) is 5. The highest BCUT2D eigenvalue weighted by atomic mass is 19.4. The molecule has 0 spiro atoms. The van der Waals surface area contributed by atoms with Crippen LogP contribution in [0.5, 0.6) is 0 Å². The predicted octanol–water partition coefficient (Wildman–Crippen LogP) is 3.99. The summed E-state index contributed by atoms with van der Waals surface area (Å²) >= 11 is 0. The van der Waals surface area contributed by atoms with Crippen molar-refractivity contribution in [3.05, 3.63) is 36.3 Å². The smallest absolute Gasteiger partial charge is 0.363 e. The van der Waals surface area contributed by atoms with E-state index in [-0.39, 0.29) is 11.8 Å². The van der Waals surface area contributed by atoms with E-state index < -0.39 is 23.3 Å². The lowest BCUT2D eigenvalue weighted by atomic mass is 10.1. The summed E-state index contributed by atoms with van der Waals surface area (Å²) in [6.45, 7) is 10.3. The van der Waals surface area contributed by atoms with Crippen LogP contribution < -0.4 is 10.6 Å². The highest BCUT2D eigenvalue weighted by Crippen LogP contribution is 2.34. The van der Waals surface area contributed by atoms with Gasteiger partial charge in [-0.15, -0.1) is 6.58 Å². The van der Waals surface area contributed by atoms with Gasteiger partial charge in [-0.2, -0.15) is 28.5 Å². The van der Waals surface area contributed by atoms with Gasteiger partial charge in [0.25, 0.3) is 0 Å². The van der Waals surface area contributed by atoms with Crippen LogP contribution in [0.4, 0.5) is 30.6 Å². The molecule has 0 fully saturated rings. The first-order chi connectivity index (χ1) is 12.5. The van der Waals surface area contributed by atoms with Crippen molar-refractivity contribution in [2.45, 2.75) is 45.5 Å². The Bertz CT molecular complexity index is 878. The first-order valence-corrected chi connectivity index (χ1v) is 8.06. The topological polar surface area (TPSA) is 91.5 Å². The Balaban J connectivity index is 2.39. The Labute approximate surface area is 154 Å². The van der Waals surface area contributed by atoms with Crippen molar-refractivity contribution in [3.8, 4) is 6.07 Å². The Hall–Kier alpha value is -3.09. The Morgan fingerprint density at radius 3 is 2.59 bits per heavy atom. The number of alkyl halides is 3. The molecular weight excluding hydrogens is 359 g/mol. The average molecular weight is 379 g/mol. The van der Waals surface area contributed by atoms with Crippen LogP contribution in [-0.2, 0) is 11.7 Å². The molecule has 0 amide bonds. The summed E-state index contributed by atoms with van der Waals surface area (Å²) in [5.74, 6) is -0.381. The standard InChI is InChI=1S/C17H20F3N7/c1-6-10(2)23-14-12(17(18,19)20)7-22-15(25-14)24-13-8-27(26-11(13)3)16(4,5)9-21/h6-8,10H,1H2,2-5H3,(H2,22,23,24,25). The predicted molar refractivity (Wildman–Crippen MR) is 95.5 cm³/mol. The molecule has 0 saturated carbocycles. The van der Waals surface area contributed by atoms with Crippen molar-refractivity contribution < 1.29 is 13.2 Å². The molecule has 27 heavy (non-hydrogen) atoms. The van der Waals surface area contributed by atoms with E-state index in [0.717, 1.165) is 0 Å². The second-order valence-corrected chi connectivity index (χ2v) is 6.49. The minimum atomic E-state index is -4.60. The fraction of sp³-hybridized carbons (Fsp3) is 0.412. The van der Waals surface area contributed by atoms with E-state index in [2.05, 4.69) is 38.3 Å². The lowest BCUT2D eigenvalue weighted by Crippen LogP contribution is -2.24. The van der Waals surface area contributed by atoms with E-state index in [9.17, 15) is 18.4 Å². The van der Waals surface area contributed by atoms with Gasteiger partial charge < -0.3 is 10.6 Å². The molecule has 0 bridgehead atoms. The summed E-state index contributed by atoms with van der Waals surface area (Å²) < 4.78 is 41.0. The maximum absolute atomic E-state index is 13.2. The van der Waals surface area contributed by atoms with E-state index in [4.69, 9.17) is 0 Å². The van der Waals surface area contributed by atoms with Crippen LogP contribution >= 0.6 is 0 Å². The molecule has 2 heterocycles. The molecule has 2 aromatic heterocycles. The second kappa shape index (κ2) is 7.26. The van der Waals surface area contributed by atoms with Crippen LogP contribution in [0, 0.1) is 18.3 Å². The van der Waals surface area contributed by atoms with Crippen molar-refractivity contribution in [2.24, 2.45) is 0 Å². The maximum Gasteiger partial charge on any atom is 0.421 e. The number of hydrogen-bond donors (Lipinski definition) is 2. The fourth-order valence-corrected chi connectivity index (χ4v) is 2.07. The molecule has 0 aliphatic rings. The highest BCUT2D eigenvalue weighted by Gasteiger charge is 2.35. The van der Waals surface area contributed by atoms with Crippen molar-refractivity contribution in [1.29, 1.82) is 5.26 Å². The number of aryl methyl sites for hydroxylation is 1. The Morgan fingerprint density at radius 2 is 2.04 bits per heavy atom. The van der Waals surface area contributed by atoms with Gasteiger partial charge in [-0.05, 0) is 27.7 Å². The van der Waals surface area contributed by atoms with E-state index in [1.165, 1.54) is 10.8 Å². The fourth-order valence-electron chi connectivity index (χ4n) is 2.07. The molecule has 0 aliphatic carbocycles. The third-order valence-corrected chi connectivity index (χ3v) is 3.80. The molecule has 1 unspecified atom stereocenters. The van der Waals surface area contributed by atoms with Crippen LogP contribution in [0.15, 0.2) is 25.0 Å². The van der Waals surface area contributed by atoms with Crippen molar-refractivity contribution in [2.75, 3.05) is 10.6 Å². The van der Waals surface area contributed by atoms with Gasteiger partial charge in [0, 0.05) is 12.2 Å². The van der Waals surface area contributed by atoms with Crippen LogP contribution in [-0.4, -0.2) is 25.8 Å².